The molecule has 1 aromatic rings. The van der Waals surface area contributed by atoms with Gasteiger partial charge in [0.2, 0.25) is 0 Å². The molecule has 0 spiro atoms. The molecule has 0 unspecified atom stereocenters. The molecule has 0 aromatic heterocycles. The van der Waals surface area contributed by atoms with Crippen LogP contribution in [0.1, 0.15) is 34.0 Å². The molecule has 1 rings (SSSR count). The van der Waals surface area contributed by atoms with Gasteiger partial charge in [-0.15, -0.1) is 0 Å². The predicted molar refractivity (Wildman–Crippen MR) is 58.9 cm³/mol. The Kier molecular flexibility index (Phi) is 3.35. The standard InChI is InChI=1S/C12H16O3/c1-5-15-12-8(3)7(2)11(14)10(6-13)9(12)4/h6,14H,5H2,1-4H3. The average molecular weight is 208 g/mol. The van der Waals surface area contributed by atoms with Crippen molar-refractivity contribution < 1.29 is 14.6 Å². The number of benzene rings is 1. The van der Waals surface area contributed by atoms with E-state index in [1.807, 2.05) is 13.8 Å². The van der Waals surface area contributed by atoms with Gasteiger partial charge in [0, 0.05) is 5.56 Å². The number of aromatic hydroxyl groups is 1. The number of rotatable bonds is 3. The van der Waals surface area contributed by atoms with Crippen LogP contribution in [0.4, 0.5) is 0 Å². The first-order valence-corrected chi connectivity index (χ1v) is 4.95. The fourth-order valence-corrected chi connectivity index (χ4v) is 1.64. The van der Waals surface area contributed by atoms with Gasteiger partial charge in [0.1, 0.15) is 11.5 Å². The Bertz CT molecular complexity index is 395. The predicted octanol–water partition coefficient (Wildman–Crippen LogP) is 2.53. The Hall–Kier alpha value is -1.51. The van der Waals surface area contributed by atoms with Crippen molar-refractivity contribution in [3.05, 3.63) is 22.3 Å². The maximum Gasteiger partial charge on any atom is 0.154 e. The molecule has 1 N–H and O–H groups in total. The number of hydrogen-bond acceptors (Lipinski definition) is 3. The molecule has 82 valence electrons. The Morgan fingerprint density at radius 2 is 1.80 bits per heavy atom. The van der Waals surface area contributed by atoms with Crippen molar-refractivity contribution in [3.63, 3.8) is 0 Å². The third-order valence-corrected chi connectivity index (χ3v) is 2.66. The second kappa shape index (κ2) is 4.34. The van der Waals surface area contributed by atoms with E-state index >= 15 is 0 Å². The van der Waals surface area contributed by atoms with Crippen LogP contribution in [0.3, 0.4) is 0 Å². The lowest BCUT2D eigenvalue weighted by atomic mass is 9.98. The Labute approximate surface area is 89.7 Å². The number of ether oxygens (including phenoxy) is 1. The highest BCUT2D eigenvalue weighted by atomic mass is 16.5. The molecule has 15 heavy (non-hydrogen) atoms. The quantitative estimate of drug-likeness (QED) is 0.776. The first-order valence-electron chi connectivity index (χ1n) is 4.95. The van der Waals surface area contributed by atoms with Crippen LogP contribution in [0.25, 0.3) is 0 Å². The molecule has 0 aliphatic heterocycles. The molecular weight excluding hydrogens is 192 g/mol. The van der Waals surface area contributed by atoms with Gasteiger partial charge in [0.25, 0.3) is 0 Å². The molecule has 0 amide bonds. The highest BCUT2D eigenvalue weighted by molar-refractivity contribution is 5.84. The minimum atomic E-state index is 0.0588. The third-order valence-electron chi connectivity index (χ3n) is 2.66. The summed E-state index contributed by atoms with van der Waals surface area (Å²) >= 11 is 0. The minimum Gasteiger partial charge on any atom is -0.507 e. The first kappa shape index (κ1) is 11.6. The maximum absolute atomic E-state index is 10.9. The van der Waals surface area contributed by atoms with Crippen molar-refractivity contribution in [1.82, 2.24) is 0 Å². The van der Waals surface area contributed by atoms with Crippen molar-refractivity contribution in [3.8, 4) is 11.5 Å². The van der Waals surface area contributed by atoms with E-state index in [0.717, 1.165) is 5.56 Å². The van der Waals surface area contributed by atoms with Crippen LogP contribution in [0.2, 0.25) is 0 Å². The summed E-state index contributed by atoms with van der Waals surface area (Å²) in [5.74, 6) is 0.762. The van der Waals surface area contributed by atoms with Crippen molar-refractivity contribution in [2.24, 2.45) is 0 Å². The van der Waals surface area contributed by atoms with E-state index in [1.54, 1.807) is 13.8 Å². The van der Waals surface area contributed by atoms with E-state index in [1.165, 1.54) is 0 Å². The van der Waals surface area contributed by atoms with Gasteiger partial charge < -0.3 is 9.84 Å². The van der Waals surface area contributed by atoms with Crippen LogP contribution in [0.5, 0.6) is 11.5 Å². The third kappa shape index (κ3) is 1.82. The number of hydrogen-bond donors (Lipinski definition) is 1. The normalized spacial score (nSPS) is 10.1. The molecule has 0 saturated carbocycles. The summed E-state index contributed by atoms with van der Waals surface area (Å²) in [4.78, 5) is 10.9. The van der Waals surface area contributed by atoms with Gasteiger partial charge in [-0.25, -0.2) is 0 Å². The summed E-state index contributed by atoms with van der Waals surface area (Å²) in [5.41, 5.74) is 2.61. The first-order chi connectivity index (χ1) is 7.04. The van der Waals surface area contributed by atoms with E-state index in [9.17, 15) is 9.90 Å². The maximum atomic E-state index is 10.9. The van der Waals surface area contributed by atoms with Crippen LogP contribution in [0.15, 0.2) is 0 Å². The van der Waals surface area contributed by atoms with Crippen molar-refractivity contribution in [1.29, 1.82) is 0 Å². The molecule has 0 saturated heterocycles. The van der Waals surface area contributed by atoms with Gasteiger partial charge in [0.05, 0.1) is 12.2 Å². The van der Waals surface area contributed by atoms with Gasteiger partial charge in [-0.05, 0) is 38.8 Å². The van der Waals surface area contributed by atoms with Gasteiger partial charge >= 0.3 is 0 Å². The van der Waals surface area contributed by atoms with Crippen LogP contribution >= 0.6 is 0 Å². The second-order valence-corrected chi connectivity index (χ2v) is 3.52. The number of phenols is 1. The molecule has 0 atom stereocenters. The summed E-state index contributed by atoms with van der Waals surface area (Å²) in [6.07, 6.45) is 0.666. The molecule has 1 aromatic carbocycles. The summed E-state index contributed by atoms with van der Waals surface area (Å²) in [6.45, 7) is 7.87. The topological polar surface area (TPSA) is 46.5 Å². The summed E-state index contributed by atoms with van der Waals surface area (Å²) in [7, 11) is 0. The highest BCUT2D eigenvalue weighted by Gasteiger charge is 2.16. The highest BCUT2D eigenvalue weighted by Crippen LogP contribution is 2.35. The zero-order valence-electron chi connectivity index (χ0n) is 9.55. The van der Waals surface area contributed by atoms with Gasteiger partial charge in [-0.1, -0.05) is 0 Å². The molecule has 0 heterocycles. The SMILES string of the molecule is CCOc1c(C)c(C)c(O)c(C=O)c1C. The lowest BCUT2D eigenvalue weighted by Crippen LogP contribution is -2.02. The largest absolute Gasteiger partial charge is 0.507 e. The Morgan fingerprint density at radius 1 is 1.20 bits per heavy atom. The van der Waals surface area contributed by atoms with E-state index in [2.05, 4.69) is 0 Å². The monoisotopic (exact) mass is 208 g/mol. The van der Waals surface area contributed by atoms with Gasteiger partial charge in [-0.3, -0.25) is 4.79 Å². The van der Waals surface area contributed by atoms with E-state index < -0.39 is 0 Å². The fourth-order valence-electron chi connectivity index (χ4n) is 1.64. The molecule has 0 aliphatic carbocycles. The van der Waals surface area contributed by atoms with E-state index in [4.69, 9.17) is 4.74 Å². The van der Waals surface area contributed by atoms with Gasteiger partial charge in [0.15, 0.2) is 6.29 Å². The van der Waals surface area contributed by atoms with Crippen molar-refractivity contribution in [2.45, 2.75) is 27.7 Å². The number of carbonyl (C=O) groups excluding carboxylic acids is 1. The Balaban J connectivity index is 3.52. The molecule has 0 bridgehead atoms. The van der Waals surface area contributed by atoms with E-state index in [0.29, 0.717) is 35.3 Å². The summed E-state index contributed by atoms with van der Waals surface area (Å²) in [6, 6.07) is 0. The fraction of sp³-hybridized carbons (Fsp3) is 0.417. The molecular formula is C12H16O3. The van der Waals surface area contributed by atoms with Crippen molar-refractivity contribution >= 4 is 6.29 Å². The molecule has 3 nitrogen and oxygen atoms in total. The summed E-state index contributed by atoms with van der Waals surface area (Å²) < 4.78 is 5.48. The number of aldehydes is 1. The minimum absolute atomic E-state index is 0.0588. The second-order valence-electron chi connectivity index (χ2n) is 3.52. The zero-order chi connectivity index (χ0) is 11.6. The van der Waals surface area contributed by atoms with Gasteiger partial charge in [-0.2, -0.15) is 0 Å². The molecule has 3 heteroatoms. The van der Waals surface area contributed by atoms with Crippen LogP contribution in [0, 0.1) is 20.8 Å². The zero-order valence-corrected chi connectivity index (χ0v) is 9.55. The number of carbonyl (C=O) groups is 1. The average Bonchev–Trinajstić information content (AvgIpc) is 2.22. The van der Waals surface area contributed by atoms with Crippen LogP contribution in [-0.4, -0.2) is 18.0 Å². The summed E-state index contributed by atoms with van der Waals surface area (Å²) in [5, 5.41) is 9.77. The smallest absolute Gasteiger partial charge is 0.154 e. The Morgan fingerprint density at radius 3 is 2.27 bits per heavy atom. The lowest BCUT2D eigenvalue weighted by Gasteiger charge is -2.16. The molecule has 0 radical (unpaired) electrons. The van der Waals surface area contributed by atoms with Crippen LogP contribution < -0.4 is 4.74 Å². The van der Waals surface area contributed by atoms with Crippen LogP contribution in [-0.2, 0) is 0 Å². The molecule has 0 fully saturated rings. The van der Waals surface area contributed by atoms with Crippen molar-refractivity contribution in [2.75, 3.05) is 6.61 Å². The lowest BCUT2D eigenvalue weighted by molar-refractivity contribution is 0.111. The molecule has 0 aliphatic rings. The number of phenolic OH excluding ortho intramolecular Hbond substituents is 1. The van der Waals surface area contributed by atoms with E-state index in [-0.39, 0.29) is 5.75 Å².